The Morgan fingerprint density at radius 1 is 1.19 bits per heavy atom. The zero-order chi connectivity index (χ0) is 22.2. The van der Waals surface area contributed by atoms with E-state index in [4.69, 9.17) is 4.74 Å². The van der Waals surface area contributed by atoms with Crippen LogP contribution in [0.1, 0.15) is 31.9 Å². The molecule has 7 nitrogen and oxygen atoms in total. The first kappa shape index (κ1) is 21.2. The SMILES string of the molecule is CC(=O)N[C@@H](C)c1ccc(O[C@@H]2CCN(c3ncnc(N4CC(F)(F)C4)c3F)C2)cc1. The minimum atomic E-state index is -2.81. The molecule has 1 aromatic carbocycles. The third-order valence-corrected chi connectivity index (χ3v) is 5.44. The molecule has 2 fully saturated rings. The summed E-state index contributed by atoms with van der Waals surface area (Å²) in [5.74, 6) is -2.90. The minimum Gasteiger partial charge on any atom is -0.489 e. The van der Waals surface area contributed by atoms with Gasteiger partial charge in [-0.05, 0) is 24.6 Å². The van der Waals surface area contributed by atoms with Crippen LogP contribution in [0.15, 0.2) is 30.6 Å². The van der Waals surface area contributed by atoms with Gasteiger partial charge in [-0.3, -0.25) is 4.79 Å². The van der Waals surface area contributed by atoms with Crippen LogP contribution in [0.2, 0.25) is 0 Å². The fourth-order valence-corrected chi connectivity index (χ4v) is 3.89. The van der Waals surface area contributed by atoms with E-state index in [1.807, 2.05) is 31.2 Å². The highest BCUT2D eigenvalue weighted by atomic mass is 19.3. The van der Waals surface area contributed by atoms with Crippen LogP contribution in [0.3, 0.4) is 0 Å². The van der Waals surface area contributed by atoms with Gasteiger partial charge in [-0.15, -0.1) is 0 Å². The lowest BCUT2D eigenvalue weighted by Gasteiger charge is -2.39. The number of aromatic nitrogens is 2. The van der Waals surface area contributed by atoms with E-state index < -0.39 is 24.8 Å². The Balaban J connectivity index is 1.37. The second kappa shape index (κ2) is 8.24. The molecule has 1 N–H and O–H groups in total. The summed E-state index contributed by atoms with van der Waals surface area (Å²) in [7, 11) is 0. The van der Waals surface area contributed by atoms with Gasteiger partial charge >= 0.3 is 0 Å². The molecular weight excluding hydrogens is 411 g/mol. The van der Waals surface area contributed by atoms with Crippen LogP contribution in [0, 0.1) is 5.82 Å². The number of carbonyl (C=O) groups excluding carboxylic acids is 1. The van der Waals surface area contributed by atoms with Gasteiger partial charge in [0.2, 0.25) is 11.7 Å². The van der Waals surface area contributed by atoms with E-state index in [0.29, 0.717) is 25.3 Å². The normalized spacial score (nSPS) is 20.9. The fourth-order valence-electron chi connectivity index (χ4n) is 3.89. The first-order chi connectivity index (χ1) is 14.7. The first-order valence-corrected chi connectivity index (χ1v) is 10.1. The molecule has 3 heterocycles. The fraction of sp³-hybridized carbons (Fsp3) is 0.476. The summed E-state index contributed by atoms with van der Waals surface area (Å²) >= 11 is 0. The second-order valence-electron chi connectivity index (χ2n) is 8.01. The molecular formula is C21H24F3N5O2. The van der Waals surface area contributed by atoms with Gasteiger partial charge in [-0.1, -0.05) is 12.1 Å². The van der Waals surface area contributed by atoms with E-state index in [1.165, 1.54) is 18.2 Å². The van der Waals surface area contributed by atoms with Gasteiger partial charge < -0.3 is 19.9 Å². The van der Waals surface area contributed by atoms with E-state index in [-0.39, 0.29) is 29.7 Å². The summed E-state index contributed by atoms with van der Waals surface area (Å²) < 4.78 is 47.2. The summed E-state index contributed by atoms with van der Waals surface area (Å²) in [4.78, 5) is 22.0. The lowest BCUT2D eigenvalue weighted by atomic mass is 10.1. The Bertz CT molecular complexity index is 949. The van der Waals surface area contributed by atoms with Gasteiger partial charge in [0.25, 0.3) is 5.92 Å². The Morgan fingerprint density at radius 3 is 2.45 bits per heavy atom. The van der Waals surface area contributed by atoms with Crippen LogP contribution in [-0.2, 0) is 4.79 Å². The predicted molar refractivity (Wildman–Crippen MR) is 109 cm³/mol. The monoisotopic (exact) mass is 435 g/mol. The van der Waals surface area contributed by atoms with Crippen molar-refractivity contribution in [2.24, 2.45) is 0 Å². The van der Waals surface area contributed by atoms with Crippen molar-refractivity contribution in [3.63, 3.8) is 0 Å². The molecule has 0 aliphatic carbocycles. The van der Waals surface area contributed by atoms with Crippen LogP contribution in [0.5, 0.6) is 5.75 Å². The molecule has 4 rings (SSSR count). The van der Waals surface area contributed by atoms with Crippen LogP contribution >= 0.6 is 0 Å². The molecule has 2 aromatic rings. The molecule has 0 bridgehead atoms. The van der Waals surface area contributed by atoms with Crippen molar-refractivity contribution in [2.75, 3.05) is 36.0 Å². The minimum absolute atomic E-state index is 0.0934. The molecule has 0 saturated carbocycles. The van der Waals surface area contributed by atoms with E-state index in [0.717, 1.165) is 5.56 Å². The number of hydrogen-bond acceptors (Lipinski definition) is 6. The number of alkyl halides is 2. The summed E-state index contributed by atoms with van der Waals surface area (Å²) in [6, 6.07) is 7.35. The molecule has 166 valence electrons. The highest BCUT2D eigenvalue weighted by Crippen LogP contribution is 2.35. The largest absolute Gasteiger partial charge is 0.489 e. The zero-order valence-corrected chi connectivity index (χ0v) is 17.3. The Kier molecular flexibility index (Phi) is 5.63. The summed E-state index contributed by atoms with van der Waals surface area (Å²) in [5, 5.41) is 2.83. The van der Waals surface area contributed by atoms with Crippen LogP contribution in [0.25, 0.3) is 0 Å². The van der Waals surface area contributed by atoms with E-state index in [9.17, 15) is 18.0 Å². The number of hydrogen-bond donors (Lipinski definition) is 1. The van der Waals surface area contributed by atoms with E-state index >= 15 is 0 Å². The van der Waals surface area contributed by atoms with Gasteiger partial charge in [0.15, 0.2) is 11.6 Å². The van der Waals surface area contributed by atoms with E-state index in [1.54, 1.807) is 4.90 Å². The smallest absolute Gasteiger partial charge is 0.282 e. The highest BCUT2D eigenvalue weighted by Gasteiger charge is 2.46. The van der Waals surface area contributed by atoms with Gasteiger partial charge in [-0.2, -0.15) is 4.39 Å². The average Bonchev–Trinajstić information content (AvgIpc) is 3.14. The number of halogens is 3. The molecule has 0 radical (unpaired) electrons. The molecule has 0 spiro atoms. The number of amides is 1. The molecule has 2 atom stereocenters. The number of benzene rings is 1. The molecule has 1 amide bonds. The van der Waals surface area contributed by atoms with Gasteiger partial charge in [-0.25, -0.2) is 18.7 Å². The Labute approximate surface area is 178 Å². The maximum Gasteiger partial charge on any atom is 0.282 e. The maximum atomic E-state index is 14.9. The zero-order valence-electron chi connectivity index (χ0n) is 17.3. The molecule has 2 aliphatic rings. The van der Waals surface area contributed by atoms with Gasteiger partial charge in [0, 0.05) is 19.9 Å². The highest BCUT2D eigenvalue weighted by molar-refractivity contribution is 5.73. The van der Waals surface area contributed by atoms with Gasteiger partial charge in [0.05, 0.1) is 25.7 Å². The molecule has 2 saturated heterocycles. The number of carbonyl (C=O) groups is 1. The standard InChI is InChI=1S/C21H24F3N5O2/c1-13(27-14(2)30)15-3-5-16(6-4-15)31-17-7-8-28(9-17)19-18(22)20(26-12-25-19)29-10-21(23,24)11-29/h3-6,12-13,17H,7-11H2,1-2H3,(H,27,30)/t13-,17+/m0/s1. The van der Waals surface area contributed by atoms with Crippen molar-refractivity contribution in [1.82, 2.24) is 15.3 Å². The van der Waals surface area contributed by atoms with Crippen molar-refractivity contribution in [3.8, 4) is 5.75 Å². The second-order valence-corrected chi connectivity index (χ2v) is 8.01. The first-order valence-electron chi connectivity index (χ1n) is 10.1. The summed E-state index contributed by atoms with van der Waals surface area (Å²) in [6.07, 6.45) is 1.71. The van der Waals surface area contributed by atoms with Crippen molar-refractivity contribution >= 4 is 17.5 Å². The van der Waals surface area contributed by atoms with E-state index in [2.05, 4.69) is 15.3 Å². The summed E-state index contributed by atoms with van der Waals surface area (Å²) in [6.45, 7) is 3.25. The number of nitrogens with zero attached hydrogens (tertiary/aromatic N) is 4. The van der Waals surface area contributed by atoms with Crippen molar-refractivity contribution in [3.05, 3.63) is 42.0 Å². The Morgan fingerprint density at radius 2 is 1.84 bits per heavy atom. The van der Waals surface area contributed by atoms with Crippen LogP contribution < -0.4 is 19.9 Å². The number of rotatable bonds is 6. The maximum absolute atomic E-state index is 14.9. The lowest BCUT2D eigenvalue weighted by molar-refractivity contribution is -0.119. The third-order valence-electron chi connectivity index (χ3n) is 5.44. The summed E-state index contributed by atoms with van der Waals surface area (Å²) in [5.41, 5.74) is 0.961. The van der Waals surface area contributed by atoms with Crippen molar-refractivity contribution in [1.29, 1.82) is 0 Å². The van der Waals surface area contributed by atoms with Crippen LogP contribution in [-0.4, -0.2) is 54.1 Å². The number of ether oxygens (including phenoxy) is 1. The molecule has 2 aliphatic heterocycles. The van der Waals surface area contributed by atoms with Crippen molar-refractivity contribution < 1.29 is 22.7 Å². The van der Waals surface area contributed by atoms with Crippen molar-refractivity contribution in [2.45, 2.75) is 38.3 Å². The average molecular weight is 435 g/mol. The molecule has 10 heteroatoms. The molecule has 0 unspecified atom stereocenters. The lowest BCUT2D eigenvalue weighted by Crippen LogP contribution is -2.57. The van der Waals surface area contributed by atoms with Crippen LogP contribution in [0.4, 0.5) is 24.8 Å². The molecule has 31 heavy (non-hydrogen) atoms. The predicted octanol–water partition coefficient (Wildman–Crippen LogP) is 2.93. The third kappa shape index (κ3) is 4.67. The molecule has 1 aromatic heterocycles. The number of anilines is 2. The number of nitrogens with one attached hydrogen (secondary N) is 1. The topological polar surface area (TPSA) is 70.6 Å². The van der Waals surface area contributed by atoms with Gasteiger partial charge in [0.1, 0.15) is 18.2 Å². The quantitative estimate of drug-likeness (QED) is 0.753. The Hall–Kier alpha value is -3.04.